The fraction of sp³-hybridized carbons (Fsp3) is 0.208. The largest absolute Gasteiger partial charge is 0.480 e. The van der Waals surface area contributed by atoms with Gasteiger partial charge >= 0.3 is 12.1 Å². The second-order valence-electron chi connectivity index (χ2n) is 7.76. The van der Waals surface area contributed by atoms with Crippen molar-refractivity contribution in [2.45, 2.75) is 31.8 Å². The molecule has 1 aliphatic carbocycles. The number of nitrogens with one attached hydrogen (secondary N) is 1. The molecule has 1 saturated carbocycles. The highest BCUT2D eigenvalue weighted by Crippen LogP contribution is 2.50. The Bertz CT molecular complexity index is 1380. The highest BCUT2D eigenvalue weighted by molar-refractivity contribution is 5.87. The van der Waals surface area contributed by atoms with E-state index in [-0.39, 0.29) is 18.1 Å². The number of benzene rings is 1. The van der Waals surface area contributed by atoms with Gasteiger partial charge in [0.25, 0.3) is 5.78 Å². The summed E-state index contributed by atoms with van der Waals surface area (Å²) in [7, 11) is 0. The van der Waals surface area contributed by atoms with Crippen molar-refractivity contribution in [3.8, 4) is 11.8 Å². The summed E-state index contributed by atoms with van der Waals surface area (Å²) in [4.78, 5) is 23.7. The Kier molecular flexibility index (Phi) is 4.90. The van der Waals surface area contributed by atoms with Crippen molar-refractivity contribution in [3.63, 3.8) is 0 Å². The van der Waals surface area contributed by atoms with Crippen molar-refractivity contribution < 1.29 is 32.8 Å². The Morgan fingerprint density at radius 2 is 1.97 bits per heavy atom. The molecule has 1 amide bonds. The molecule has 0 atom stereocenters. The van der Waals surface area contributed by atoms with Crippen molar-refractivity contribution in [2.24, 2.45) is 0 Å². The number of rotatable bonds is 5. The van der Waals surface area contributed by atoms with E-state index < -0.39 is 17.5 Å². The van der Waals surface area contributed by atoms with Gasteiger partial charge in [0.05, 0.1) is 5.39 Å². The lowest BCUT2D eigenvalue weighted by Crippen LogP contribution is -2.18. The second kappa shape index (κ2) is 7.91. The lowest BCUT2D eigenvalue weighted by Gasteiger charge is -2.06. The number of ether oxygens (including phenoxy) is 1. The van der Waals surface area contributed by atoms with Crippen molar-refractivity contribution in [1.29, 1.82) is 0 Å². The number of aliphatic carboxylic acids is 1. The molecule has 9 heteroatoms. The van der Waals surface area contributed by atoms with Gasteiger partial charge in [0.15, 0.2) is 5.76 Å². The molecule has 0 aliphatic heterocycles. The molecule has 3 heterocycles. The zero-order chi connectivity index (χ0) is 23.0. The Morgan fingerprint density at radius 3 is 2.67 bits per heavy atom. The number of hydrogen-bond donors (Lipinski definition) is 2. The summed E-state index contributed by atoms with van der Waals surface area (Å²) < 4.78 is 21.6. The molecule has 166 valence electrons. The molecular weight excluding hydrogens is 428 g/mol. The molecule has 0 bridgehead atoms. The van der Waals surface area contributed by atoms with E-state index in [2.05, 4.69) is 22.3 Å². The number of carbonyl (C=O) groups excluding carboxylic acids is 1. The van der Waals surface area contributed by atoms with Crippen molar-refractivity contribution in [3.05, 3.63) is 71.0 Å². The average Bonchev–Trinajstić information content (AvgIpc) is 3.24. The number of aromatic nitrogens is 1. The number of carboxylic acids is 1. The Balaban J connectivity index is 1.29. The van der Waals surface area contributed by atoms with E-state index in [9.17, 15) is 14.7 Å². The first-order valence-electron chi connectivity index (χ1n) is 10.2. The normalized spacial score (nSPS) is 13.8. The molecule has 1 aromatic carbocycles. The van der Waals surface area contributed by atoms with Gasteiger partial charge < -0.3 is 23.2 Å². The molecule has 0 saturated heterocycles. The number of amides is 1. The highest BCUT2D eigenvalue weighted by Gasteiger charge is 2.54. The van der Waals surface area contributed by atoms with Gasteiger partial charge in [0, 0.05) is 6.07 Å². The molecule has 1 aliphatic rings. The van der Waals surface area contributed by atoms with Crippen LogP contribution >= 0.6 is 0 Å². The van der Waals surface area contributed by atoms with E-state index in [4.69, 9.17) is 18.1 Å². The quantitative estimate of drug-likeness (QED) is 0.426. The first-order chi connectivity index (χ1) is 15.9. The maximum atomic E-state index is 12.2. The first kappa shape index (κ1) is 20.5. The maximum absolute atomic E-state index is 12.2. The Morgan fingerprint density at radius 1 is 1.18 bits per heavy atom. The maximum Gasteiger partial charge on any atom is 0.412 e. The molecule has 5 rings (SSSR count). The number of furan rings is 2. The van der Waals surface area contributed by atoms with Crippen molar-refractivity contribution in [1.82, 2.24) is 5.16 Å². The summed E-state index contributed by atoms with van der Waals surface area (Å²) in [5.41, 5.74) is 0.656. The molecule has 0 unspecified atom stereocenters. The molecule has 4 aromatic rings. The van der Waals surface area contributed by atoms with E-state index in [1.165, 1.54) is 0 Å². The summed E-state index contributed by atoms with van der Waals surface area (Å²) in [5, 5.41) is 16.5. The van der Waals surface area contributed by atoms with Crippen LogP contribution in [0.25, 0.3) is 11.2 Å². The minimum absolute atomic E-state index is 0.120. The zero-order valence-electron chi connectivity index (χ0n) is 17.5. The van der Waals surface area contributed by atoms with Crippen LogP contribution in [-0.2, 0) is 21.6 Å². The van der Waals surface area contributed by atoms with Gasteiger partial charge in [-0.25, -0.2) is 4.79 Å². The van der Waals surface area contributed by atoms with E-state index in [1.54, 1.807) is 19.1 Å². The number of carboxylic acid groups (broad SMARTS) is 1. The Hall–Kier alpha value is -4.45. The van der Waals surface area contributed by atoms with Gasteiger partial charge in [-0.05, 0) is 43.2 Å². The lowest BCUT2D eigenvalue weighted by molar-refractivity contribution is -0.140. The van der Waals surface area contributed by atoms with Gasteiger partial charge in [-0.3, -0.25) is 10.1 Å². The van der Waals surface area contributed by atoms with E-state index >= 15 is 0 Å². The lowest BCUT2D eigenvalue weighted by atomic mass is 10.0. The van der Waals surface area contributed by atoms with Gasteiger partial charge in [-0.15, -0.1) is 0 Å². The molecular formula is C24H18N2O7. The van der Waals surface area contributed by atoms with Gasteiger partial charge in [-0.2, -0.15) is 0 Å². The summed E-state index contributed by atoms with van der Waals surface area (Å²) in [6, 6.07) is 12.6. The first-order valence-corrected chi connectivity index (χ1v) is 10.2. The molecule has 33 heavy (non-hydrogen) atoms. The topological polar surface area (TPSA) is 128 Å². The third-order valence-corrected chi connectivity index (χ3v) is 5.45. The monoisotopic (exact) mass is 446 g/mol. The standard InChI is InChI=1S/C24H18N2O7/c1-14-20(25-23(29)30-13-15-5-3-2-4-6-15)18(33-26-14)8-7-17-11-16-12-19(32-21(16)31-17)24(9-10-24)22(27)28/h2-6,11-12H,9-10,13H2,1H3,(H,25,29)(H,27,28). The fourth-order valence-electron chi connectivity index (χ4n) is 3.41. The van der Waals surface area contributed by atoms with Crippen LogP contribution < -0.4 is 5.32 Å². The third-order valence-electron chi connectivity index (χ3n) is 5.45. The van der Waals surface area contributed by atoms with Crippen LogP contribution in [0.1, 0.15) is 41.4 Å². The average molecular weight is 446 g/mol. The van der Waals surface area contributed by atoms with Crippen molar-refractivity contribution in [2.75, 3.05) is 5.32 Å². The van der Waals surface area contributed by atoms with Crippen LogP contribution in [0.2, 0.25) is 0 Å². The van der Waals surface area contributed by atoms with Gasteiger partial charge in [0.2, 0.25) is 5.76 Å². The smallest absolute Gasteiger partial charge is 0.412 e. The number of hydrogen-bond acceptors (Lipinski definition) is 7. The summed E-state index contributed by atoms with van der Waals surface area (Å²) in [6.07, 6.45) is 0.419. The predicted octanol–water partition coefficient (Wildman–Crippen LogP) is 4.59. The van der Waals surface area contributed by atoms with E-state index in [0.29, 0.717) is 41.1 Å². The van der Waals surface area contributed by atoms with E-state index in [1.807, 2.05) is 30.3 Å². The SMILES string of the molecule is Cc1noc(C#Cc2cc3cc(C4(C(=O)O)CC4)oc3o2)c1NC(=O)OCc1ccccc1. The third kappa shape index (κ3) is 3.94. The van der Waals surface area contributed by atoms with Crippen molar-refractivity contribution >= 4 is 28.9 Å². The van der Waals surface area contributed by atoms with Crippen LogP contribution in [0.15, 0.2) is 55.8 Å². The predicted molar refractivity (Wildman–Crippen MR) is 114 cm³/mol. The number of carbonyl (C=O) groups is 2. The van der Waals surface area contributed by atoms with Crippen LogP contribution in [0.5, 0.6) is 0 Å². The number of nitrogens with zero attached hydrogens (tertiary/aromatic N) is 1. The minimum Gasteiger partial charge on any atom is -0.480 e. The number of anilines is 1. The van der Waals surface area contributed by atoms with Crippen LogP contribution in [0.3, 0.4) is 0 Å². The molecule has 0 radical (unpaired) electrons. The number of fused-ring (bicyclic) bond motifs is 1. The summed E-state index contributed by atoms with van der Waals surface area (Å²) >= 11 is 0. The van der Waals surface area contributed by atoms with Crippen LogP contribution in [0, 0.1) is 18.8 Å². The van der Waals surface area contributed by atoms with Crippen LogP contribution in [0.4, 0.5) is 10.5 Å². The zero-order valence-corrected chi connectivity index (χ0v) is 17.5. The van der Waals surface area contributed by atoms with Gasteiger partial charge in [0.1, 0.15) is 29.2 Å². The Labute approximate surface area is 187 Å². The highest BCUT2D eigenvalue weighted by atomic mass is 16.5. The summed E-state index contributed by atoms with van der Waals surface area (Å²) in [5.74, 6) is 5.70. The van der Waals surface area contributed by atoms with Gasteiger partial charge in [-0.1, -0.05) is 35.5 Å². The molecule has 3 aromatic heterocycles. The number of aryl methyl sites for hydroxylation is 1. The molecule has 9 nitrogen and oxygen atoms in total. The summed E-state index contributed by atoms with van der Waals surface area (Å²) in [6.45, 7) is 1.79. The minimum atomic E-state index is -0.944. The van der Waals surface area contributed by atoms with E-state index in [0.717, 1.165) is 5.56 Å². The fourth-order valence-corrected chi connectivity index (χ4v) is 3.41. The van der Waals surface area contributed by atoms with Crippen LogP contribution in [-0.4, -0.2) is 22.3 Å². The molecule has 2 N–H and O–H groups in total. The molecule has 0 spiro atoms. The molecule has 1 fully saturated rings. The second-order valence-corrected chi connectivity index (χ2v) is 7.76.